The van der Waals surface area contributed by atoms with E-state index in [2.05, 4.69) is 15.3 Å². The van der Waals surface area contributed by atoms with E-state index in [-0.39, 0.29) is 5.91 Å². The topological polar surface area (TPSA) is 106 Å². The van der Waals surface area contributed by atoms with Crippen LogP contribution in [0.1, 0.15) is 15.9 Å². The van der Waals surface area contributed by atoms with Crippen molar-refractivity contribution in [3.8, 4) is 0 Å². The van der Waals surface area contributed by atoms with Crippen molar-refractivity contribution in [3.63, 3.8) is 0 Å². The van der Waals surface area contributed by atoms with Gasteiger partial charge in [-0.3, -0.25) is 14.8 Å². The zero-order valence-corrected chi connectivity index (χ0v) is 13.4. The van der Waals surface area contributed by atoms with Crippen LogP contribution in [0.2, 0.25) is 0 Å². The van der Waals surface area contributed by atoms with Crippen molar-refractivity contribution in [3.05, 3.63) is 78.1 Å². The molecule has 5 N–H and O–H groups in total. The molecular formula is C19H17N5O. The van der Waals surface area contributed by atoms with E-state index in [0.717, 1.165) is 5.56 Å². The number of pyridine rings is 1. The zero-order valence-electron chi connectivity index (χ0n) is 13.4. The number of nitrogens with one attached hydrogen (secondary N) is 1. The van der Waals surface area contributed by atoms with E-state index in [1.54, 1.807) is 48.9 Å². The van der Waals surface area contributed by atoms with Gasteiger partial charge in [0.2, 0.25) is 0 Å². The molecule has 0 aliphatic heterocycles. The predicted molar refractivity (Wildman–Crippen MR) is 101 cm³/mol. The number of benzene rings is 2. The van der Waals surface area contributed by atoms with E-state index in [4.69, 9.17) is 11.5 Å². The van der Waals surface area contributed by atoms with Crippen molar-refractivity contribution in [1.82, 2.24) is 4.98 Å². The second kappa shape index (κ2) is 7.27. The molecule has 6 nitrogen and oxygen atoms in total. The third-order valence-corrected chi connectivity index (χ3v) is 3.52. The van der Waals surface area contributed by atoms with Gasteiger partial charge in [0.25, 0.3) is 5.91 Å². The van der Waals surface area contributed by atoms with E-state index in [1.807, 2.05) is 24.3 Å². The van der Waals surface area contributed by atoms with Crippen LogP contribution in [0.3, 0.4) is 0 Å². The lowest BCUT2D eigenvalue weighted by Gasteiger charge is -2.05. The summed E-state index contributed by atoms with van der Waals surface area (Å²) in [5.41, 5.74) is 15.5. The summed E-state index contributed by atoms with van der Waals surface area (Å²) in [4.78, 5) is 20.3. The maximum atomic E-state index is 12.1. The molecule has 0 fully saturated rings. The first-order valence-corrected chi connectivity index (χ1v) is 7.62. The molecule has 0 aliphatic carbocycles. The van der Waals surface area contributed by atoms with Gasteiger partial charge in [-0.05, 0) is 48.0 Å². The van der Waals surface area contributed by atoms with E-state index in [0.29, 0.717) is 28.3 Å². The highest BCUT2D eigenvalue weighted by Gasteiger charge is 2.05. The predicted octanol–water partition coefficient (Wildman–Crippen LogP) is 3.25. The molecular weight excluding hydrogens is 314 g/mol. The number of nitrogens with two attached hydrogens (primary N) is 2. The number of aliphatic imine (C=N–C) groups is 1. The highest BCUT2D eigenvalue weighted by Crippen LogP contribution is 2.24. The molecule has 124 valence electrons. The summed E-state index contributed by atoms with van der Waals surface area (Å²) >= 11 is 0. The van der Waals surface area contributed by atoms with Gasteiger partial charge >= 0.3 is 0 Å². The molecule has 1 aromatic heterocycles. The van der Waals surface area contributed by atoms with Crippen molar-refractivity contribution in [2.24, 2.45) is 4.99 Å². The third kappa shape index (κ3) is 4.20. The second-order valence-electron chi connectivity index (χ2n) is 5.39. The lowest BCUT2D eigenvalue weighted by molar-refractivity contribution is 0.102. The summed E-state index contributed by atoms with van der Waals surface area (Å²) in [5, 5.41) is 2.83. The Kier molecular flexibility index (Phi) is 4.71. The quantitative estimate of drug-likeness (QED) is 0.504. The van der Waals surface area contributed by atoms with Crippen molar-refractivity contribution in [2.45, 2.75) is 0 Å². The van der Waals surface area contributed by atoms with Gasteiger partial charge in [-0.1, -0.05) is 12.1 Å². The molecule has 3 aromatic rings. The fourth-order valence-corrected chi connectivity index (χ4v) is 2.18. The Balaban J connectivity index is 1.69. The molecule has 0 radical (unpaired) electrons. The fraction of sp³-hybridized carbons (Fsp3) is 0. The van der Waals surface area contributed by atoms with Crippen LogP contribution in [-0.2, 0) is 0 Å². The third-order valence-electron chi connectivity index (χ3n) is 3.52. The number of nitrogens with zero attached hydrogens (tertiary/aromatic N) is 2. The lowest BCUT2D eigenvalue weighted by Crippen LogP contribution is -2.11. The summed E-state index contributed by atoms with van der Waals surface area (Å²) in [5.74, 6) is -0.184. The molecule has 25 heavy (non-hydrogen) atoms. The van der Waals surface area contributed by atoms with E-state index in [9.17, 15) is 4.79 Å². The van der Waals surface area contributed by atoms with Gasteiger partial charge in [-0.15, -0.1) is 0 Å². The molecule has 6 heteroatoms. The summed E-state index contributed by atoms with van der Waals surface area (Å²) in [6, 6.07) is 15.8. The maximum absolute atomic E-state index is 12.1. The van der Waals surface area contributed by atoms with Gasteiger partial charge in [0, 0.05) is 35.5 Å². The molecule has 0 saturated heterocycles. The van der Waals surface area contributed by atoms with Gasteiger partial charge in [0.15, 0.2) is 0 Å². The average Bonchev–Trinajstić information content (AvgIpc) is 2.64. The molecule has 1 amide bonds. The summed E-state index contributed by atoms with van der Waals surface area (Å²) in [6.07, 6.45) is 4.85. The fourth-order valence-electron chi connectivity index (χ4n) is 2.18. The van der Waals surface area contributed by atoms with E-state index in [1.165, 1.54) is 0 Å². The molecule has 0 aliphatic rings. The van der Waals surface area contributed by atoms with Crippen LogP contribution in [0, 0.1) is 0 Å². The van der Waals surface area contributed by atoms with Crippen LogP contribution in [0.5, 0.6) is 0 Å². The Labute approximate surface area is 145 Å². The monoisotopic (exact) mass is 331 g/mol. The summed E-state index contributed by atoms with van der Waals surface area (Å²) in [6.45, 7) is 0. The Bertz CT molecular complexity index is 905. The number of rotatable bonds is 4. The molecule has 0 spiro atoms. The van der Waals surface area contributed by atoms with Crippen LogP contribution in [0.4, 0.5) is 22.7 Å². The van der Waals surface area contributed by atoms with Crippen LogP contribution in [-0.4, -0.2) is 17.1 Å². The standard InChI is InChI=1S/C19H17N5O/c20-15-3-6-17(21)18(11-15)23-12-13-1-4-16(5-2-13)24-19(25)14-7-9-22-10-8-14/h1-12H,20-21H2,(H,24,25). The Hall–Kier alpha value is -3.67. The largest absolute Gasteiger partial charge is 0.399 e. The molecule has 0 bridgehead atoms. The summed E-state index contributed by atoms with van der Waals surface area (Å²) in [7, 11) is 0. The average molecular weight is 331 g/mol. The van der Waals surface area contributed by atoms with Gasteiger partial charge in [0.05, 0.1) is 11.4 Å². The van der Waals surface area contributed by atoms with Crippen LogP contribution in [0.25, 0.3) is 0 Å². The number of amides is 1. The van der Waals surface area contributed by atoms with Crippen molar-refractivity contribution >= 4 is 34.9 Å². The minimum absolute atomic E-state index is 0.184. The van der Waals surface area contributed by atoms with Gasteiger partial charge in [-0.2, -0.15) is 0 Å². The summed E-state index contributed by atoms with van der Waals surface area (Å²) < 4.78 is 0. The van der Waals surface area contributed by atoms with Gasteiger partial charge < -0.3 is 16.8 Å². The van der Waals surface area contributed by atoms with Crippen LogP contribution >= 0.6 is 0 Å². The van der Waals surface area contributed by atoms with Crippen molar-refractivity contribution < 1.29 is 4.79 Å². The normalized spacial score (nSPS) is 10.7. The lowest BCUT2D eigenvalue weighted by atomic mass is 10.2. The maximum Gasteiger partial charge on any atom is 0.255 e. The molecule has 1 heterocycles. The molecule has 0 atom stereocenters. The van der Waals surface area contributed by atoms with E-state index < -0.39 is 0 Å². The molecule has 2 aromatic carbocycles. The Morgan fingerprint density at radius 1 is 1.00 bits per heavy atom. The first kappa shape index (κ1) is 16.2. The smallest absolute Gasteiger partial charge is 0.255 e. The van der Waals surface area contributed by atoms with Gasteiger partial charge in [-0.25, -0.2) is 0 Å². The first-order chi connectivity index (χ1) is 12.1. The number of nitrogen functional groups attached to an aromatic ring is 2. The number of hydrogen-bond donors (Lipinski definition) is 3. The van der Waals surface area contributed by atoms with Crippen LogP contribution in [0.15, 0.2) is 72.0 Å². The molecule has 0 unspecified atom stereocenters. The van der Waals surface area contributed by atoms with Gasteiger partial charge in [0.1, 0.15) is 0 Å². The first-order valence-electron chi connectivity index (χ1n) is 7.62. The molecule has 3 rings (SSSR count). The number of anilines is 3. The minimum atomic E-state index is -0.184. The SMILES string of the molecule is Nc1ccc(N)c(N=Cc2ccc(NC(=O)c3ccncc3)cc2)c1. The number of carbonyl (C=O) groups is 1. The Morgan fingerprint density at radius 3 is 2.44 bits per heavy atom. The molecule has 0 saturated carbocycles. The second-order valence-corrected chi connectivity index (χ2v) is 5.39. The highest BCUT2D eigenvalue weighted by molar-refractivity contribution is 6.04. The van der Waals surface area contributed by atoms with E-state index >= 15 is 0 Å². The minimum Gasteiger partial charge on any atom is -0.399 e. The van der Waals surface area contributed by atoms with Crippen molar-refractivity contribution in [1.29, 1.82) is 0 Å². The number of aromatic nitrogens is 1. The highest BCUT2D eigenvalue weighted by atomic mass is 16.1. The number of hydrogen-bond acceptors (Lipinski definition) is 5. The number of carbonyl (C=O) groups excluding carboxylic acids is 1. The van der Waals surface area contributed by atoms with Crippen molar-refractivity contribution in [2.75, 3.05) is 16.8 Å². The Morgan fingerprint density at radius 2 is 1.72 bits per heavy atom. The zero-order chi connectivity index (χ0) is 17.6. The van der Waals surface area contributed by atoms with Crippen LogP contribution < -0.4 is 16.8 Å².